The van der Waals surface area contributed by atoms with Crippen molar-refractivity contribution in [3.8, 4) is 0 Å². The second-order valence-corrected chi connectivity index (χ2v) is 4.28. The van der Waals surface area contributed by atoms with Crippen LogP contribution >= 0.6 is 12.2 Å². The molecule has 6 heteroatoms. The summed E-state index contributed by atoms with van der Waals surface area (Å²) in [7, 11) is 0. The van der Waals surface area contributed by atoms with Crippen molar-refractivity contribution in [3.63, 3.8) is 0 Å². The molecule has 0 bridgehead atoms. The summed E-state index contributed by atoms with van der Waals surface area (Å²) >= 11 is 4.73. The van der Waals surface area contributed by atoms with Gasteiger partial charge in [-0.15, -0.1) is 0 Å². The largest absolute Gasteiger partial charge is 0.393 e. The monoisotopic (exact) mass is 272 g/mol. The van der Waals surface area contributed by atoms with Crippen LogP contribution in [0.25, 0.3) is 0 Å². The number of hydrogen-bond acceptors (Lipinski definition) is 2. The van der Waals surface area contributed by atoms with Crippen molar-refractivity contribution >= 4 is 23.1 Å². The van der Waals surface area contributed by atoms with Crippen LogP contribution in [0.5, 0.6) is 0 Å². The Morgan fingerprint density at radius 1 is 1.33 bits per heavy atom. The molecule has 2 N–H and O–H groups in total. The van der Waals surface area contributed by atoms with E-state index >= 15 is 0 Å². The number of thiocarbonyl (C=S) groups is 1. The summed E-state index contributed by atoms with van der Waals surface area (Å²) < 4.78 is 26.0. The van der Waals surface area contributed by atoms with Crippen molar-refractivity contribution in [2.75, 3.05) is 13.1 Å². The molecule has 0 spiro atoms. The highest BCUT2D eigenvalue weighted by Crippen LogP contribution is 2.11. The number of amides is 1. The molecule has 0 unspecified atom stereocenters. The number of nitrogens with zero attached hydrogens (tertiary/aromatic N) is 1. The smallest absolute Gasteiger partial charge is 0.254 e. The minimum atomic E-state index is -0.774. The molecule has 0 radical (unpaired) electrons. The third-order valence-electron chi connectivity index (χ3n) is 2.41. The van der Waals surface area contributed by atoms with Crippen LogP contribution in [0.15, 0.2) is 18.2 Å². The van der Waals surface area contributed by atoms with Gasteiger partial charge in [0.25, 0.3) is 5.91 Å². The SMILES string of the molecule is CCN(CCC(N)=S)C(=O)c1cc(F)cc(F)c1. The minimum Gasteiger partial charge on any atom is -0.393 e. The molecule has 0 aromatic heterocycles. The molecule has 0 fully saturated rings. The number of rotatable bonds is 5. The Balaban J connectivity index is 2.85. The second kappa shape index (κ2) is 6.39. The maximum atomic E-state index is 13.0. The van der Waals surface area contributed by atoms with Gasteiger partial charge in [0.1, 0.15) is 11.6 Å². The van der Waals surface area contributed by atoms with Crippen LogP contribution in [0, 0.1) is 11.6 Å². The van der Waals surface area contributed by atoms with E-state index in [0.29, 0.717) is 24.5 Å². The maximum Gasteiger partial charge on any atom is 0.254 e. The first kappa shape index (κ1) is 14.5. The number of nitrogens with two attached hydrogens (primary N) is 1. The van der Waals surface area contributed by atoms with Crippen molar-refractivity contribution in [2.24, 2.45) is 5.73 Å². The number of halogens is 2. The van der Waals surface area contributed by atoms with Gasteiger partial charge < -0.3 is 10.6 Å². The molecule has 0 saturated heterocycles. The van der Waals surface area contributed by atoms with Gasteiger partial charge in [-0.05, 0) is 19.1 Å². The highest BCUT2D eigenvalue weighted by atomic mass is 32.1. The molecule has 1 amide bonds. The van der Waals surface area contributed by atoms with Gasteiger partial charge >= 0.3 is 0 Å². The summed E-state index contributed by atoms with van der Waals surface area (Å²) in [6, 6.07) is 2.74. The Hall–Kier alpha value is -1.56. The molecule has 3 nitrogen and oxygen atoms in total. The van der Waals surface area contributed by atoms with E-state index in [1.165, 1.54) is 4.90 Å². The average molecular weight is 272 g/mol. The van der Waals surface area contributed by atoms with Crippen molar-refractivity contribution in [2.45, 2.75) is 13.3 Å². The van der Waals surface area contributed by atoms with Crippen molar-refractivity contribution in [1.82, 2.24) is 4.90 Å². The molecule has 0 heterocycles. The van der Waals surface area contributed by atoms with Crippen LogP contribution < -0.4 is 5.73 Å². The molecule has 0 saturated carbocycles. The third-order valence-corrected chi connectivity index (χ3v) is 2.61. The Kier molecular flexibility index (Phi) is 5.15. The second-order valence-electron chi connectivity index (χ2n) is 3.76. The average Bonchev–Trinajstić information content (AvgIpc) is 2.27. The molecule has 0 atom stereocenters. The Labute approximate surface area is 110 Å². The van der Waals surface area contributed by atoms with Crippen molar-refractivity contribution in [3.05, 3.63) is 35.4 Å². The molecule has 0 aliphatic heterocycles. The first-order valence-electron chi connectivity index (χ1n) is 5.47. The van der Waals surface area contributed by atoms with E-state index in [0.717, 1.165) is 18.2 Å². The van der Waals surface area contributed by atoms with E-state index in [-0.39, 0.29) is 5.56 Å². The number of carbonyl (C=O) groups excluding carboxylic acids is 1. The molecule has 1 aromatic carbocycles. The highest BCUT2D eigenvalue weighted by molar-refractivity contribution is 7.80. The molecule has 0 aliphatic carbocycles. The molecule has 18 heavy (non-hydrogen) atoms. The normalized spacial score (nSPS) is 10.2. The Bertz CT molecular complexity index is 445. The lowest BCUT2D eigenvalue weighted by atomic mass is 10.2. The predicted molar refractivity (Wildman–Crippen MR) is 69.3 cm³/mol. The molecule has 1 rings (SSSR count). The summed E-state index contributed by atoms with van der Waals surface area (Å²) in [4.78, 5) is 13.7. The van der Waals surface area contributed by atoms with E-state index in [4.69, 9.17) is 18.0 Å². The summed E-state index contributed by atoms with van der Waals surface area (Å²) in [6.45, 7) is 2.52. The van der Waals surface area contributed by atoms with Crippen molar-refractivity contribution in [1.29, 1.82) is 0 Å². The zero-order chi connectivity index (χ0) is 13.7. The van der Waals surface area contributed by atoms with E-state index in [9.17, 15) is 13.6 Å². The summed E-state index contributed by atoms with van der Waals surface area (Å²) in [5, 5.41) is 0. The predicted octanol–water partition coefficient (Wildman–Crippen LogP) is 2.10. The fraction of sp³-hybridized carbons (Fsp3) is 0.333. The topological polar surface area (TPSA) is 46.3 Å². The van der Waals surface area contributed by atoms with Gasteiger partial charge in [-0.2, -0.15) is 0 Å². The van der Waals surface area contributed by atoms with Crippen LogP contribution in [0.2, 0.25) is 0 Å². The lowest BCUT2D eigenvalue weighted by Gasteiger charge is -2.20. The standard InChI is InChI=1S/C12H14F2N2OS/c1-2-16(4-3-11(15)18)12(17)8-5-9(13)7-10(14)6-8/h5-7H,2-4H2,1H3,(H2,15,18). The lowest BCUT2D eigenvalue weighted by molar-refractivity contribution is 0.0768. The van der Waals surface area contributed by atoms with E-state index in [1.54, 1.807) is 6.92 Å². The Morgan fingerprint density at radius 2 is 1.89 bits per heavy atom. The third kappa shape index (κ3) is 4.03. The van der Waals surface area contributed by atoms with Crippen LogP contribution in [-0.2, 0) is 0 Å². The van der Waals surface area contributed by atoms with E-state index in [2.05, 4.69) is 0 Å². The van der Waals surface area contributed by atoms with Crippen LogP contribution in [0.4, 0.5) is 8.78 Å². The molecule has 98 valence electrons. The molecular formula is C12H14F2N2OS. The van der Waals surface area contributed by atoms with Gasteiger partial charge in [0.15, 0.2) is 0 Å². The number of carbonyl (C=O) groups is 1. The van der Waals surface area contributed by atoms with E-state index in [1.807, 2.05) is 0 Å². The zero-order valence-electron chi connectivity index (χ0n) is 9.95. The van der Waals surface area contributed by atoms with Crippen LogP contribution in [0.3, 0.4) is 0 Å². The first-order valence-corrected chi connectivity index (χ1v) is 5.88. The minimum absolute atomic E-state index is 0.0164. The van der Waals surface area contributed by atoms with Gasteiger partial charge in [0.2, 0.25) is 0 Å². The van der Waals surface area contributed by atoms with Gasteiger partial charge in [0.05, 0.1) is 4.99 Å². The maximum absolute atomic E-state index is 13.0. The number of hydrogen-bond donors (Lipinski definition) is 1. The van der Waals surface area contributed by atoms with E-state index < -0.39 is 17.5 Å². The van der Waals surface area contributed by atoms with Gasteiger partial charge in [0, 0.05) is 31.1 Å². The van der Waals surface area contributed by atoms with Gasteiger partial charge in [-0.3, -0.25) is 4.79 Å². The highest BCUT2D eigenvalue weighted by Gasteiger charge is 2.15. The Morgan fingerprint density at radius 3 is 2.33 bits per heavy atom. The van der Waals surface area contributed by atoms with Crippen molar-refractivity contribution < 1.29 is 13.6 Å². The summed E-state index contributed by atoms with van der Waals surface area (Å²) in [6.07, 6.45) is 0.382. The number of benzene rings is 1. The molecule has 0 aliphatic rings. The summed E-state index contributed by atoms with van der Waals surface area (Å²) in [5.74, 6) is -1.99. The lowest BCUT2D eigenvalue weighted by Crippen LogP contribution is -2.33. The zero-order valence-corrected chi connectivity index (χ0v) is 10.8. The molecule has 1 aromatic rings. The van der Waals surface area contributed by atoms with Crippen LogP contribution in [0.1, 0.15) is 23.7 Å². The van der Waals surface area contributed by atoms with Crippen LogP contribution in [-0.4, -0.2) is 28.9 Å². The quantitative estimate of drug-likeness (QED) is 0.835. The fourth-order valence-electron chi connectivity index (χ4n) is 1.51. The first-order chi connectivity index (χ1) is 8.43. The molecular weight excluding hydrogens is 258 g/mol. The fourth-order valence-corrected chi connectivity index (χ4v) is 1.60. The summed E-state index contributed by atoms with van der Waals surface area (Å²) in [5.41, 5.74) is 5.34. The van der Waals surface area contributed by atoms with Gasteiger partial charge in [-0.25, -0.2) is 8.78 Å². The van der Waals surface area contributed by atoms with Gasteiger partial charge in [-0.1, -0.05) is 12.2 Å².